The van der Waals surface area contributed by atoms with Crippen LogP contribution < -0.4 is 20.1 Å². The smallest absolute Gasteiger partial charge is 0.343 e. The molecule has 0 aliphatic carbocycles. The molecule has 1 atom stereocenters. The predicted molar refractivity (Wildman–Crippen MR) is 109 cm³/mol. The first kappa shape index (κ1) is 20.9. The number of nitrogens with one attached hydrogen (secondary N) is 2. The quantitative estimate of drug-likeness (QED) is 0.680. The van der Waals surface area contributed by atoms with Crippen molar-refractivity contribution in [1.82, 2.24) is 10.6 Å². The van der Waals surface area contributed by atoms with Crippen LogP contribution in [0.2, 0.25) is 0 Å². The minimum absolute atomic E-state index is 0.184. The largest absolute Gasteiger partial charge is 0.493 e. The summed E-state index contributed by atoms with van der Waals surface area (Å²) < 4.78 is 15.4. The summed E-state index contributed by atoms with van der Waals surface area (Å²) in [7, 11) is 2.73. The van der Waals surface area contributed by atoms with Crippen molar-refractivity contribution >= 4 is 23.5 Å². The third-order valence-electron chi connectivity index (χ3n) is 4.61. The minimum Gasteiger partial charge on any atom is -0.493 e. The number of esters is 1. The maximum Gasteiger partial charge on any atom is 0.343 e. The molecule has 1 heterocycles. The van der Waals surface area contributed by atoms with Gasteiger partial charge >= 0.3 is 12.0 Å². The van der Waals surface area contributed by atoms with Crippen molar-refractivity contribution in [3.8, 4) is 11.5 Å². The molecule has 2 aromatic rings. The van der Waals surface area contributed by atoms with Crippen LogP contribution in [0.5, 0.6) is 11.5 Å². The van der Waals surface area contributed by atoms with Crippen molar-refractivity contribution in [2.45, 2.75) is 13.0 Å². The van der Waals surface area contributed by atoms with E-state index in [0.717, 1.165) is 5.56 Å². The topological polar surface area (TPSA) is 103 Å². The molecule has 1 aliphatic heterocycles. The van der Waals surface area contributed by atoms with Gasteiger partial charge in [-0.05, 0) is 30.2 Å². The molecule has 0 unspecified atom stereocenters. The summed E-state index contributed by atoms with van der Waals surface area (Å²) in [5.74, 6) is -0.0192. The van der Waals surface area contributed by atoms with Crippen molar-refractivity contribution in [3.05, 3.63) is 65.2 Å². The van der Waals surface area contributed by atoms with E-state index in [1.165, 1.54) is 21.1 Å². The molecule has 1 aliphatic rings. The number of urea groups is 1. The normalized spacial score (nSPS) is 15.7. The molecule has 0 saturated carbocycles. The number of methoxy groups -OCH3 is 2. The second-order valence-electron chi connectivity index (χ2n) is 6.52. The summed E-state index contributed by atoms with van der Waals surface area (Å²) in [6.45, 7) is 1.18. The van der Waals surface area contributed by atoms with E-state index in [1.807, 2.05) is 30.3 Å². The molecule has 156 valence electrons. The number of ketones is 1. The predicted octanol–water partition coefficient (Wildman–Crippen LogP) is 2.60. The molecule has 0 saturated heterocycles. The molecular weight excluding hydrogens is 388 g/mol. The molecule has 8 heteroatoms. The highest BCUT2D eigenvalue weighted by Crippen LogP contribution is 2.36. The standard InChI is InChI=1S/C22H22N2O6/c1-13(25)19-20(14-7-5-4-6-8-14)23-22(27)24-21(19)15-9-10-16(17(11-15)28-2)30-12-18(26)29-3/h4-11,21H,12H2,1-3H3,(H2,23,24,27)/t21-/m1/s1. The van der Waals surface area contributed by atoms with Gasteiger partial charge in [0.2, 0.25) is 0 Å². The number of rotatable bonds is 7. The van der Waals surface area contributed by atoms with Crippen LogP contribution in [0.15, 0.2) is 54.1 Å². The van der Waals surface area contributed by atoms with Crippen molar-refractivity contribution in [1.29, 1.82) is 0 Å². The molecule has 0 fully saturated rings. The van der Waals surface area contributed by atoms with E-state index in [4.69, 9.17) is 9.47 Å². The summed E-state index contributed by atoms with van der Waals surface area (Å²) in [4.78, 5) is 36.2. The second-order valence-corrected chi connectivity index (χ2v) is 6.52. The van der Waals surface area contributed by atoms with Crippen molar-refractivity contribution in [2.24, 2.45) is 0 Å². The van der Waals surface area contributed by atoms with Gasteiger partial charge in [0, 0.05) is 5.57 Å². The Kier molecular flexibility index (Phi) is 6.36. The molecule has 0 aromatic heterocycles. The molecule has 0 radical (unpaired) electrons. The molecule has 2 N–H and O–H groups in total. The van der Waals surface area contributed by atoms with Gasteiger partial charge in [-0.1, -0.05) is 36.4 Å². The number of amides is 2. The number of carbonyl (C=O) groups excluding carboxylic acids is 3. The lowest BCUT2D eigenvalue weighted by Gasteiger charge is -2.30. The Hall–Kier alpha value is -3.81. The average Bonchev–Trinajstić information content (AvgIpc) is 2.77. The Morgan fingerprint density at radius 1 is 1.03 bits per heavy atom. The van der Waals surface area contributed by atoms with E-state index >= 15 is 0 Å². The van der Waals surface area contributed by atoms with Crippen LogP contribution in [0.4, 0.5) is 4.79 Å². The zero-order valence-corrected chi connectivity index (χ0v) is 16.9. The minimum atomic E-state index is -0.685. The van der Waals surface area contributed by atoms with Gasteiger partial charge < -0.3 is 24.8 Å². The van der Waals surface area contributed by atoms with Crippen LogP contribution in [0.3, 0.4) is 0 Å². The van der Waals surface area contributed by atoms with E-state index in [1.54, 1.807) is 18.2 Å². The van der Waals surface area contributed by atoms with Crippen molar-refractivity contribution in [3.63, 3.8) is 0 Å². The molecule has 2 amide bonds. The summed E-state index contributed by atoms with van der Waals surface area (Å²) in [5.41, 5.74) is 2.24. The molecule has 8 nitrogen and oxygen atoms in total. The van der Waals surface area contributed by atoms with Crippen LogP contribution in [0.1, 0.15) is 24.1 Å². The summed E-state index contributed by atoms with van der Waals surface area (Å²) >= 11 is 0. The highest BCUT2D eigenvalue weighted by atomic mass is 16.6. The number of benzene rings is 2. The first-order chi connectivity index (χ1) is 14.4. The number of hydrogen-bond donors (Lipinski definition) is 2. The van der Waals surface area contributed by atoms with Gasteiger partial charge in [0.05, 0.1) is 26.0 Å². The van der Waals surface area contributed by atoms with E-state index in [2.05, 4.69) is 15.4 Å². The number of Topliss-reactive ketones (excluding diaryl/α,β-unsaturated/α-hetero) is 1. The lowest BCUT2D eigenvalue weighted by atomic mass is 9.90. The van der Waals surface area contributed by atoms with E-state index in [9.17, 15) is 14.4 Å². The van der Waals surface area contributed by atoms with Gasteiger partial charge in [-0.3, -0.25) is 4.79 Å². The van der Waals surface area contributed by atoms with Crippen LogP contribution in [0.25, 0.3) is 5.70 Å². The van der Waals surface area contributed by atoms with E-state index < -0.39 is 18.0 Å². The molecular formula is C22H22N2O6. The zero-order chi connectivity index (χ0) is 21.7. The molecule has 0 spiro atoms. The first-order valence-corrected chi connectivity index (χ1v) is 9.20. The Balaban J connectivity index is 2.03. The first-order valence-electron chi connectivity index (χ1n) is 9.20. The molecule has 2 aromatic carbocycles. The second kappa shape index (κ2) is 9.13. The maximum absolute atomic E-state index is 12.5. The Bertz CT molecular complexity index is 1000. The van der Waals surface area contributed by atoms with Crippen LogP contribution >= 0.6 is 0 Å². The lowest BCUT2D eigenvalue weighted by molar-refractivity contribution is -0.142. The zero-order valence-electron chi connectivity index (χ0n) is 16.9. The Morgan fingerprint density at radius 3 is 2.40 bits per heavy atom. The highest BCUT2D eigenvalue weighted by Gasteiger charge is 2.32. The fraction of sp³-hybridized carbons (Fsp3) is 0.227. The van der Waals surface area contributed by atoms with Crippen LogP contribution in [0, 0.1) is 0 Å². The third-order valence-corrected chi connectivity index (χ3v) is 4.61. The van der Waals surface area contributed by atoms with Gasteiger partial charge in [0.25, 0.3) is 0 Å². The van der Waals surface area contributed by atoms with Crippen LogP contribution in [-0.2, 0) is 14.3 Å². The number of ether oxygens (including phenoxy) is 3. The molecule has 0 bridgehead atoms. The monoisotopic (exact) mass is 410 g/mol. The van der Waals surface area contributed by atoms with Gasteiger partial charge in [-0.2, -0.15) is 0 Å². The van der Waals surface area contributed by atoms with E-state index in [-0.39, 0.29) is 12.4 Å². The Morgan fingerprint density at radius 2 is 1.77 bits per heavy atom. The lowest BCUT2D eigenvalue weighted by Crippen LogP contribution is -2.44. The summed E-state index contributed by atoms with van der Waals surface area (Å²) in [6.07, 6.45) is 0. The van der Waals surface area contributed by atoms with Gasteiger partial charge in [-0.15, -0.1) is 0 Å². The maximum atomic E-state index is 12.5. The SMILES string of the molecule is COC(=O)COc1ccc([C@H]2NC(=O)NC(c3ccccc3)=C2C(C)=O)cc1OC. The fourth-order valence-corrected chi connectivity index (χ4v) is 3.20. The fourth-order valence-electron chi connectivity index (χ4n) is 3.20. The number of hydrogen-bond acceptors (Lipinski definition) is 6. The summed E-state index contributed by atoms with van der Waals surface area (Å²) in [6, 6.07) is 13.0. The molecule has 3 rings (SSSR count). The van der Waals surface area contributed by atoms with Gasteiger partial charge in [0.15, 0.2) is 23.9 Å². The van der Waals surface area contributed by atoms with Gasteiger partial charge in [0.1, 0.15) is 0 Å². The third kappa shape index (κ3) is 4.43. The van der Waals surface area contributed by atoms with Crippen LogP contribution in [-0.4, -0.2) is 38.6 Å². The van der Waals surface area contributed by atoms with Gasteiger partial charge in [-0.25, -0.2) is 9.59 Å². The van der Waals surface area contributed by atoms with E-state index in [0.29, 0.717) is 28.3 Å². The molecule has 30 heavy (non-hydrogen) atoms. The highest BCUT2D eigenvalue weighted by molar-refractivity contribution is 6.06. The average molecular weight is 410 g/mol. The number of carbonyl (C=O) groups is 3. The van der Waals surface area contributed by atoms with Crippen molar-refractivity contribution < 1.29 is 28.6 Å². The van der Waals surface area contributed by atoms with Crippen molar-refractivity contribution in [2.75, 3.05) is 20.8 Å². The Labute approximate surface area is 173 Å². The summed E-state index contributed by atoms with van der Waals surface area (Å²) in [5, 5.41) is 5.54.